The number of hydrogen-bond acceptors (Lipinski definition) is 1. The highest BCUT2D eigenvalue weighted by Gasteiger charge is 2.18. The van der Waals surface area contributed by atoms with Crippen molar-refractivity contribution in [2.75, 3.05) is 6.54 Å². The first-order valence-electron chi connectivity index (χ1n) is 5.89. The summed E-state index contributed by atoms with van der Waals surface area (Å²) >= 11 is 0. The molecule has 0 aliphatic heterocycles. The Hall–Kier alpha value is -0.0400. The fourth-order valence-corrected chi connectivity index (χ4v) is 2.12. The second-order valence-electron chi connectivity index (χ2n) is 4.32. The average molecular weight is 185 g/mol. The lowest BCUT2D eigenvalue weighted by atomic mass is 9.81. The quantitative estimate of drug-likeness (QED) is 0.646. The summed E-state index contributed by atoms with van der Waals surface area (Å²) in [6.45, 7) is 10.0. The molecule has 2 unspecified atom stereocenters. The van der Waals surface area contributed by atoms with Crippen molar-refractivity contribution in [3.8, 4) is 0 Å². The minimum Gasteiger partial charge on any atom is -0.330 e. The van der Waals surface area contributed by atoms with Crippen LogP contribution in [0, 0.1) is 17.8 Å². The first kappa shape index (κ1) is 13.0. The first-order valence-corrected chi connectivity index (χ1v) is 5.89. The number of rotatable bonds is 7. The van der Waals surface area contributed by atoms with Crippen LogP contribution in [-0.4, -0.2) is 6.54 Å². The molecule has 2 atom stereocenters. The smallest absolute Gasteiger partial charge is 0.00461 e. The lowest BCUT2D eigenvalue weighted by Crippen LogP contribution is -2.24. The number of nitrogens with two attached hydrogens (primary N) is 1. The molecular weight excluding hydrogens is 158 g/mol. The van der Waals surface area contributed by atoms with E-state index >= 15 is 0 Å². The third kappa shape index (κ3) is 4.66. The van der Waals surface area contributed by atoms with Gasteiger partial charge in [0.05, 0.1) is 0 Å². The van der Waals surface area contributed by atoms with Crippen LogP contribution in [0.5, 0.6) is 0 Å². The first-order chi connectivity index (χ1) is 6.19. The molecular formula is C12H27N. The molecule has 0 bridgehead atoms. The third-order valence-electron chi connectivity index (χ3n) is 3.42. The molecule has 1 nitrogen and oxygen atoms in total. The molecule has 0 aromatic rings. The fraction of sp³-hybridized carbons (Fsp3) is 1.00. The maximum Gasteiger partial charge on any atom is -0.00461 e. The van der Waals surface area contributed by atoms with Crippen LogP contribution in [0.3, 0.4) is 0 Å². The van der Waals surface area contributed by atoms with E-state index in [9.17, 15) is 0 Å². The van der Waals surface area contributed by atoms with E-state index in [1.165, 1.54) is 25.7 Å². The predicted octanol–water partition coefficient (Wildman–Crippen LogP) is 3.43. The minimum atomic E-state index is 0.755. The largest absolute Gasteiger partial charge is 0.330 e. The van der Waals surface area contributed by atoms with Crippen LogP contribution >= 0.6 is 0 Å². The van der Waals surface area contributed by atoms with Crippen LogP contribution in [0.2, 0.25) is 0 Å². The van der Waals surface area contributed by atoms with E-state index in [1.54, 1.807) is 0 Å². The van der Waals surface area contributed by atoms with Crippen LogP contribution in [0.25, 0.3) is 0 Å². The van der Waals surface area contributed by atoms with Gasteiger partial charge in [0.1, 0.15) is 0 Å². The molecule has 0 amide bonds. The Balaban J connectivity index is 3.98. The summed E-state index contributed by atoms with van der Waals surface area (Å²) in [4.78, 5) is 0. The SMILES string of the molecule is CCC(C)CC(CN)C(CC)CC. The zero-order valence-electron chi connectivity index (χ0n) is 9.84. The van der Waals surface area contributed by atoms with Crippen LogP contribution in [0.1, 0.15) is 53.4 Å². The van der Waals surface area contributed by atoms with E-state index in [-0.39, 0.29) is 0 Å². The van der Waals surface area contributed by atoms with Gasteiger partial charge in [-0.05, 0) is 30.7 Å². The molecule has 1 heteroatoms. The van der Waals surface area contributed by atoms with Gasteiger partial charge < -0.3 is 5.73 Å². The summed E-state index contributed by atoms with van der Waals surface area (Å²) in [5, 5.41) is 0. The molecule has 0 aromatic carbocycles. The van der Waals surface area contributed by atoms with Crippen molar-refractivity contribution >= 4 is 0 Å². The molecule has 0 rings (SSSR count). The Kier molecular flexibility index (Phi) is 7.35. The molecule has 0 aliphatic rings. The van der Waals surface area contributed by atoms with Gasteiger partial charge in [-0.1, -0.05) is 47.0 Å². The van der Waals surface area contributed by atoms with Gasteiger partial charge in [0.15, 0.2) is 0 Å². The minimum absolute atomic E-state index is 0.755. The van der Waals surface area contributed by atoms with Crippen LogP contribution in [0.15, 0.2) is 0 Å². The van der Waals surface area contributed by atoms with Crippen LogP contribution in [-0.2, 0) is 0 Å². The predicted molar refractivity (Wildman–Crippen MR) is 60.7 cm³/mol. The fourth-order valence-electron chi connectivity index (χ4n) is 2.12. The molecule has 0 heterocycles. The van der Waals surface area contributed by atoms with E-state index in [4.69, 9.17) is 5.73 Å². The van der Waals surface area contributed by atoms with E-state index in [0.717, 1.165) is 24.3 Å². The molecule has 0 radical (unpaired) electrons. The summed E-state index contributed by atoms with van der Waals surface area (Å²) in [5.41, 5.74) is 5.83. The third-order valence-corrected chi connectivity index (χ3v) is 3.42. The highest BCUT2D eigenvalue weighted by molar-refractivity contribution is 4.71. The molecule has 80 valence electrons. The van der Waals surface area contributed by atoms with Crippen molar-refractivity contribution in [2.24, 2.45) is 23.5 Å². The molecule has 0 fully saturated rings. The monoisotopic (exact) mass is 185 g/mol. The van der Waals surface area contributed by atoms with E-state index < -0.39 is 0 Å². The lowest BCUT2D eigenvalue weighted by Gasteiger charge is -2.26. The van der Waals surface area contributed by atoms with Crippen LogP contribution < -0.4 is 5.73 Å². The second kappa shape index (κ2) is 7.37. The average Bonchev–Trinajstić information content (AvgIpc) is 2.17. The Morgan fingerprint density at radius 3 is 1.77 bits per heavy atom. The maximum atomic E-state index is 5.83. The lowest BCUT2D eigenvalue weighted by molar-refractivity contribution is 0.263. The Morgan fingerprint density at radius 1 is 0.923 bits per heavy atom. The van der Waals surface area contributed by atoms with E-state index in [1.807, 2.05) is 0 Å². The van der Waals surface area contributed by atoms with E-state index in [2.05, 4.69) is 27.7 Å². The van der Waals surface area contributed by atoms with Crippen molar-refractivity contribution in [1.82, 2.24) is 0 Å². The van der Waals surface area contributed by atoms with E-state index in [0.29, 0.717) is 0 Å². The van der Waals surface area contributed by atoms with Crippen molar-refractivity contribution in [3.63, 3.8) is 0 Å². The van der Waals surface area contributed by atoms with Crippen molar-refractivity contribution in [1.29, 1.82) is 0 Å². The van der Waals surface area contributed by atoms with Gasteiger partial charge >= 0.3 is 0 Å². The topological polar surface area (TPSA) is 26.0 Å². The van der Waals surface area contributed by atoms with Gasteiger partial charge in [-0.2, -0.15) is 0 Å². The Bertz CT molecular complexity index is 108. The normalized spacial score (nSPS) is 16.2. The van der Waals surface area contributed by atoms with Crippen molar-refractivity contribution in [3.05, 3.63) is 0 Å². The van der Waals surface area contributed by atoms with Gasteiger partial charge in [-0.25, -0.2) is 0 Å². The number of hydrogen-bond donors (Lipinski definition) is 1. The zero-order valence-corrected chi connectivity index (χ0v) is 9.84. The molecule has 2 N–H and O–H groups in total. The summed E-state index contributed by atoms with van der Waals surface area (Å²) in [5.74, 6) is 2.44. The van der Waals surface area contributed by atoms with Gasteiger partial charge in [-0.15, -0.1) is 0 Å². The molecule has 0 saturated heterocycles. The van der Waals surface area contributed by atoms with Gasteiger partial charge in [0, 0.05) is 0 Å². The summed E-state index contributed by atoms with van der Waals surface area (Å²) in [6.07, 6.45) is 5.18. The standard InChI is InChI=1S/C12H27N/c1-5-10(4)8-12(9-13)11(6-2)7-3/h10-12H,5-9,13H2,1-4H3. The molecule has 0 aliphatic carbocycles. The zero-order chi connectivity index (χ0) is 10.3. The van der Waals surface area contributed by atoms with Gasteiger partial charge in [0.2, 0.25) is 0 Å². The Morgan fingerprint density at radius 2 is 1.46 bits per heavy atom. The molecule has 13 heavy (non-hydrogen) atoms. The second-order valence-corrected chi connectivity index (χ2v) is 4.32. The highest BCUT2D eigenvalue weighted by atomic mass is 14.6. The highest BCUT2D eigenvalue weighted by Crippen LogP contribution is 2.26. The summed E-state index contributed by atoms with van der Waals surface area (Å²) in [7, 11) is 0. The van der Waals surface area contributed by atoms with Gasteiger partial charge in [0.25, 0.3) is 0 Å². The molecule has 0 saturated carbocycles. The maximum absolute atomic E-state index is 5.83. The van der Waals surface area contributed by atoms with Gasteiger partial charge in [-0.3, -0.25) is 0 Å². The molecule has 0 spiro atoms. The molecule has 0 aromatic heterocycles. The van der Waals surface area contributed by atoms with Crippen molar-refractivity contribution in [2.45, 2.75) is 53.4 Å². The summed E-state index contributed by atoms with van der Waals surface area (Å²) in [6, 6.07) is 0. The summed E-state index contributed by atoms with van der Waals surface area (Å²) < 4.78 is 0. The Labute approximate surface area is 84.1 Å². The van der Waals surface area contributed by atoms with Crippen LogP contribution in [0.4, 0.5) is 0 Å². The van der Waals surface area contributed by atoms with Crippen molar-refractivity contribution < 1.29 is 0 Å².